The zero-order valence-electron chi connectivity index (χ0n) is 15.3. The summed E-state index contributed by atoms with van der Waals surface area (Å²) in [5, 5.41) is 7.01. The van der Waals surface area contributed by atoms with Crippen molar-refractivity contribution in [1.29, 1.82) is 0 Å². The van der Waals surface area contributed by atoms with E-state index in [0.29, 0.717) is 6.61 Å². The third kappa shape index (κ3) is 5.21. The van der Waals surface area contributed by atoms with Gasteiger partial charge in [-0.25, -0.2) is 0 Å². The van der Waals surface area contributed by atoms with Crippen LogP contribution in [-0.2, 0) is 16.1 Å². The summed E-state index contributed by atoms with van der Waals surface area (Å²) >= 11 is 0. The number of carbonyl (C=O) groups excluding carboxylic acids is 1. The van der Waals surface area contributed by atoms with Gasteiger partial charge in [0.05, 0.1) is 18.1 Å². The first-order valence-corrected chi connectivity index (χ1v) is 8.61. The SMILES string of the molecule is COc1ccc(CNC2(COC(=O)C(C)(C)C)CCNCC2)cc1. The van der Waals surface area contributed by atoms with Crippen LogP contribution in [0.4, 0.5) is 0 Å². The Morgan fingerprint density at radius 3 is 2.38 bits per heavy atom. The molecule has 1 aromatic carbocycles. The van der Waals surface area contributed by atoms with Gasteiger partial charge in [0.15, 0.2) is 0 Å². The lowest BCUT2D eigenvalue weighted by molar-refractivity contribution is -0.155. The van der Waals surface area contributed by atoms with Gasteiger partial charge in [-0.3, -0.25) is 4.79 Å². The average molecular weight is 334 g/mol. The molecule has 1 aromatic rings. The highest BCUT2D eigenvalue weighted by molar-refractivity contribution is 5.75. The highest BCUT2D eigenvalue weighted by Gasteiger charge is 2.34. The first-order valence-electron chi connectivity index (χ1n) is 8.61. The van der Waals surface area contributed by atoms with E-state index in [1.807, 2.05) is 32.9 Å². The van der Waals surface area contributed by atoms with E-state index in [1.165, 1.54) is 5.56 Å². The minimum absolute atomic E-state index is 0.147. The number of carbonyl (C=O) groups is 1. The van der Waals surface area contributed by atoms with Crippen molar-refractivity contribution in [2.45, 2.75) is 45.7 Å². The number of nitrogens with one attached hydrogen (secondary N) is 2. The van der Waals surface area contributed by atoms with Crippen LogP contribution in [0.1, 0.15) is 39.2 Å². The van der Waals surface area contributed by atoms with Crippen molar-refractivity contribution in [3.8, 4) is 5.75 Å². The molecule has 24 heavy (non-hydrogen) atoms. The second-order valence-corrected chi connectivity index (χ2v) is 7.56. The Balaban J connectivity index is 1.97. The Morgan fingerprint density at radius 1 is 1.21 bits per heavy atom. The number of esters is 1. The van der Waals surface area contributed by atoms with Crippen LogP contribution in [-0.4, -0.2) is 38.3 Å². The molecular formula is C19H30N2O3. The first-order chi connectivity index (χ1) is 11.3. The van der Waals surface area contributed by atoms with Gasteiger partial charge in [0.2, 0.25) is 0 Å². The van der Waals surface area contributed by atoms with Crippen molar-refractivity contribution in [2.24, 2.45) is 5.41 Å². The minimum Gasteiger partial charge on any atom is -0.497 e. The molecule has 0 saturated carbocycles. The maximum Gasteiger partial charge on any atom is 0.311 e. The van der Waals surface area contributed by atoms with Gasteiger partial charge in [-0.15, -0.1) is 0 Å². The Morgan fingerprint density at radius 2 is 1.83 bits per heavy atom. The molecule has 2 N–H and O–H groups in total. The number of ether oxygens (including phenoxy) is 2. The van der Waals surface area contributed by atoms with E-state index in [-0.39, 0.29) is 11.5 Å². The van der Waals surface area contributed by atoms with Gasteiger partial charge in [0.1, 0.15) is 12.4 Å². The molecule has 1 aliphatic rings. The van der Waals surface area contributed by atoms with Gasteiger partial charge >= 0.3 is 5.97 Å². The molecule has 0 radical (unpaired) electrons. The lowest BCUT2D eigenvalue weighted by Crippen LogP contribution is -2.55. The summed E-state index contributed by atoms with van der Waals surface area (Å²) in [7, 11) is 1.67. The number of methoxy groups -OCH3 is 1. The molecule has 0 amide bonds. The van der Waals surface area contributed by atoms with Gasteiger partial charge in [0.25, 0.3) is 0 Å². The molecule has 1 fully saturated rings. The molecule has 0 aromatic heterocycles. The smallest absolute Gasteiger partial charge is 0.311 e. The fourth-order valence-corrected chi connectivity index (χ4v) is 2.73. The molecule has 0 bridgehead atoms. The molecule has 1 aliphatic heterocycles. The molecule has 1 saturated heterocycles. The van der Waals surface area contributed by atoms with Crippen LogP contribution in [0.3, 0.4) is 0 Å². The van der Waals surface area contributed by atoms with Crippen molar-refractivity contribution in [3.63, 3.8) is 0 Å². The van der Waals surface area contributed by atoms with E-state index in [0.717, 1.165) is 38.2 Å². The van der Waals surface area contributed by atoms with E-state index >= 15 is 0 Å². The van der Waals surface area contributed by atoms with Crippen LogP contribution in [0.25, 0.3) is 0 Å². The zero-order chi connectivity index (χ0) is 17.6. The van der Waals surface area contributed by atoms with Gasteiger partial charge in [-0.2, -0.15) is 0 Å². The Kier molecular flexibility index (Phi) is 6.24. The molecule has 1 heterocycles. The average Bonchev–Trinajstić information content (AvgIpc) is 2.58. The predicted octanol–water partition coefficient (Wildman–Crippen LogP) is 2.50. The summed E-state index contributed by atoms with van der Waals surface area (Å²) in [6, 6.07) is 8.04. The quantitative estimate of drug-likeness (QED) is 0.783. The monoisotopic (exact) mass is 334 g/mol. The number of hydrogen-bond acceptors (Lipinski definition) is 5. The van der Waals surface area contributed by atoms with Crippen molar-refractivity contribution < 1.29 is 14.3 Å². The molecule has 5 nitrogen and oxygen atoms in total. The third-order valence-corrected chi connectivity index (χ3v) is 4.48. The summed E-state index contributed by atoms with van der Waals surface area (Å²) in [5.74, 6) is 0.709. The fraction of sp³-hybridized carbons (Fsp3) is 0.632. The van der Waals surface area contributed by atoms with Crippen molar-refractivity contribution in [1.82, 2.24) is 10.6 Å². The minimum atomic E-state index is -0.468. The van der Waals surface area contributed by atoms with Gasteiger partial charge < -0.3 is 20.1 Å². The third-order valence-electron chi connectivity index (χ3n) is 4.48. The summed E-state index contributed by atoms with van der Waals surface area (Å²) in [6.45, 7) is 8.68. The predicted molar refractivity (Wildman–Crippen MR) is 95.1 cm³/mol. The second kappa shape index (κ2) is 7.99. The molecule has 2 rings (SSSR count). The van der Waals surface area contributed by atoms with Crippen LogP contribution in [0.15, 0.2) is 24.3 Å². The lowest BCUT2D eigenvalue weighted by atomic mass is 9.88. The zero-order valence-corrected chi connectivity index (χ0v) is 15.3. The van der Waals surface area contributed by atoms with Crippen LogP contribution in [0, 0.1) is 5.41 Å². The fourth-order valence-electron chi connectivity index (χ4n) is 2.73. The normalized spacial score (nSPS) is 17.3. The molecule has 5 heteroatoms. The van der Waals surface area contributed by atoms with Gasteiger partial charge in [-0.05, 0) is 64.4 Å². The highest BCUT2D eigenvalue weighted by atomic mass is 16.5. The summed E-state index contributed by atoms with van der Waals surface area (Å²) < 4.78 is 10.8. The lowest BCUT2D eigenvalue weighted by Gasteiger charge is -2.38. The van der Waals surface area contributed by atoms with Crippen molar-refractivity contribution >= 4 is 5.97 Å². The molecule has 0 spiro atoms. The number of hydrogen-bond donors (Lipinski definition) is 2. The largest absolute Gasteiger partial charge is 0.497 e. The summed E-state index contributed by atoms with van der Waals surface area (Å²) in [4.78, 5) is 12.1. The molecule has 0 aliphatic carbocycles. The van der Waals surface area contributed by atoms with Crippen molar-refractivity contribution in [2.75, 3.05) is 26.8 Å². The van der Waals surface area contributed by atoms with E-state index < -0.39 is 5.41 Å². The molecule has 134 valence electrons. The molecular weight excluding hydrogens is 304 g/mol. The maximum atomic E-state index is 12.1. The second-order valence-electron chi connectivity index (χ2n) is 7.56. The number of rotatable bonds is 6. The Hall–Kier alpha value is -1.59. The van der Waals surface area contributed by atoms with Gasteiger partial charge in [-0.1, -0.05) is 12.1 Å². The standard InChI is InChI=1S/C19H30N2O3/c1-18(2,3)17(22)24-14-19(9-11-20-12-10-19)21-13-15-5-7-16(23-4)8-6-15/h5-8,20-21H,9-14H2,1-4H3. The highest BCUT2D eigenvalue weighted by Crippen LogP contribution is 2.23. The topological polar surface area (TPSA) is 59.6 Å². The summed E-state index contributed by atoms with van der Waals surface area (Å²) in [6.07, 6.45) is 1.89. The number of benzene rings is 1. The van der Waals surface area contributed by atoms with Crippen LogP contribution in [0.5, 0.6) is 5.75 Å². The maximum absolute atomic E-state index is 12.1. The van der Waals surface area contributed by atoms with E-state index in [2.05, 4.69) is 22.8 Å². The molecule has 0 atom stereocenters. The van der Waals surface area contributed by atoms with Gasteiger partial charge in [0, 0.05) is 6.54 Å². The van der Waals surface area contributed by atoms with Crippen LogP contribution >= 0.6 is 0 Å². The Labute approximate surface area is 145 Å². The molecule has 0 unspecified atom stereocenters. The van der Waals surface area contributed by atoms with E-state index in [9.17, 15) is 4.79 Å². The number of piperidine rings is 1. The van der Waals surface area contributed by atoms with E-state index in [1.54, 1.807) is 7.11 Å². The van der Waals surface area contributed by atoms with Crippen LogP contribution in [0.2, 0.25) is 0 Å². The summed E-state index contributed by atoms with van der Waals surface area (Å²) in [5.41, 5.74) is 0.562. The Bertz CT molecular complexity index is 529. The van der Waals surface area contributed by atoms with Crippen LogP contribution < -0.4 is 15.4 Å². The van der Waals surface area contributed by atoms with E-state index in [4.69, 9.17) is 9.47 Å². The van der Waals surface area contributed by atoms with Crippen molar-refractivity contribution in [3.05, 3.63) is 29.8 Å². The first kappa shape index (κ1) is 18.7.